The average molecular weight is 789 g/mol. The van der Waals surface area contributed by atoms with Gasteiger partial charge in [0.05, 0.1) is 41.1 Å². The van der Waals surface area contributed by atoms with Gasteiger partial charge < -0.3 is 14.7 Å². The van der Waals surface area contributed by atoms with E-state index in [0.717, 1.165) is 39.4 Å². The fourth-order valence-electron chi connectivity index (χ4n) is 4.27. The molecule has 256 valence electrons. The zero-order valence-corrected chi connectivity index (χ0v) is 29.1. The Bertz CT molecular complexity index is 2050. The van der Waals surface area contributed by atoms with E-state index in [4.69, 9.17) is 23.4 Å². The van der Waals surface area contributed by atoms with Crippen molar-refractivity contribution >= 4 is 22.1 Å². The molecule has 0 amide bonds. The Hall–Kier alpha value is -5.67. The molecule has 0 unspecified atom stereocenters. The molecule has 51 heavy (non-hydrogen) atoms. The van der Waals surface area contributed by atoms with E-state index in [-0.39, 0.29) is 19.5 Å². The summed E-state index contributed by atoms with van der Waals surface area (Å²) in [4.78, 5) is 29.9. The molecule has 16 heteroatoms. The van der Waals surface area contributed by atoms with Crippen LogP contribution in [-0.4, -0.2) is 47.2 Å². The van der Waals surface area contributed by atoms with Crippen LogP contribution in [0.1, 0.15) is 0 Å². The normalized spacial score (nSPS) is 10.3. The van der Waals surface area contributed by atoms with E-state index < -0.39 is 10.2 Å². The first kappa shape index (κ1) is 38.1. The molecular formula is C35H26ClN9O5Ru. The predicted octanol–water partition coefficient (Wildman–Crippen LogP) is 1.73. The summed E-state index contributed by atoms with van der Waals surface area (Å²) in [5.74, 6) is 1.23. The molecule has 0 N–H and O–H groups in total. The number of ether oxygens (including phenoxy) is 1. The Labute approximate surface area is 306 Å². The summed E-state index contributed by atoms with van der Waals surface area (Å²) in [6, 6.07) is 34.4. The van der Waals surface area contributed by atoms with E-state index >= 15 is 0 Å². The van der Waals surface area contributed by atoms with Gasteiger partial charge >= 0.3 is 19.5 Å². The zero-order chi connectivity index (χ0) is 35.2. The molecule has 0 aliphatic rings. The number of methoxy groups -OCH3 is 1. The summed E-state index contributed by atoms with van der Waals surface area (Å²) in [5, 5.41) is 9.29. The summed E-state index contributed by atoms with van der Waals surface area (Å²) in [6.45, 7) is 0. The zero-order valence-electron chi connectivity index (χ0n) is 26.6. The minimum atomic E-state index is -4.94. The standard InChI is InChI=1S/C15H10N5O.2C10H8N2.ClHO4.Ru/c1-21-9-5-6-11-10(8-9)13-15(17-11)18-14(20-19-13)12-4-2-3-7-16-12;2*1-3-7-11-9(5-1)10-6-2-4-8-12-10;2-1(3,4)5;/h2-8H,1H3;2*1-8H;(H,2,3,4,5);/q-1;;;;+2/p-1. The average Bonchev–Trinajstić information content (AvgIpc) is 3.54. The third-order valence-electron chi connectivity index (χ3n) is 6.43. The van der Waals surface area contributed by atoms with Gasteiger partial charge in [-0.15, -0.1) is 10.2 Å². The summed E-state index contributed by atoms with van der Waals surface area (Å²) >= 11 is 0. The van der Waals surface area contributed by atoms with Crippen LogP contribution < -0.4 is 28.4 Å². The van der Waals surface area contributed by atoms with E-state index in [1.54, 1.807) is 38.1 Å². The minimum absolute atomic E-state index is 0. The van der Waals surface area contributed by atoms with Crippen molar-refractivity contribution in [3.8, 4) is 40.0 Å². The topological polar surface area (TPSA) is 219 Å². The van der Waals surface area contributed by atoms with Gasteiger partial charge in [-0.25, -0.2) is 18.6 Å². The number of halogens is 1. The third-order valence-corrected chi connectivity index (χ3v) is 6.43. The van der Waals surface area contributed by atoms with Crippen molar-refractivity contribution in [3.63, 3.8) is 0 Å². The van der Waals surface area contributed by atoms with Crippen molar-refractivity contribution in [1.29, 1.82) is 0 Å². The molecule has 0 spiro atoms. The van der Waals surface area contributed by atoms with Crippen molar-refractivity contribution in [3.05, 3.63) is 140 Å². The maximum atomic E-state index is 8.49. The molecular weight excluding hydrogens is 763 g/mol. The largest absolute Gasteiger partial charge is 2.00 e. The summed E-state index contributed by atoms with van der Waals surface area (Å²) in [6.07, 6.45) is 8.77. The number of hydrogen-bond acceptors (Lipinski definition) is 13. The van der Waals surface area contributed by atoms with Crippen LogP contribution in [0.15, 0.2) is 140 Å². The molecule has 0 saturated carbocycles. The van der Waals surface area contributed by atoms with Crippen LogP contribution in [0.4, 0.5) is 0 Å². The first-order chi connectivity index (χ1) is 24.3. The molecule has 0 atom stereocenters. The van der Waals surface area contributed by atoms with Gasteiger partial charge in [-0.1, -0.05) is 36.4 Å². The van der Waals surface area contributed by atoms with Gasteiger partial charge in [0, 0.05) is 36.4 Å². The molecule has 0 aliphatic carbocycles. The number of fused-ring (bicyclic) bond motifs is 3. The first-order valence-electron chi connectivity index (χ1n) is 14.6. The van der Waals surface area contributed by atoms with Crippen LogP contribution in [0.3, 0.4) is 0 Å². The fourth-order valence-corrected chi connectivity index (χ4v) is 4.27. The Morgan fingerprint density at radius 2 is 0.961 bits per heavy atom. The molecule has 0 fully saturated rings. The maximum Gasteiger partial charge on any atom is 2.00 e. The van der Waals surface area contributed by atoms with E-state index in [1.807, 2.05) is 109 Å². The molecule has 8 aromatic rings. The van der Waals surface area contributed by atoms with E-state index in [9.17, 15) is 0 Å². The van der Waals surface area contributed by atoms with Crippen molar-refractivity contribution < 1.29 is 53.1 Å². The molecule has 0 bridgehead atoms. The van der Waals surface area contributed by atoms with Crippen LogP contribution in [0.2, 0.25) is 0 Å². The molecule has 14 nitrogen and oxygen atoms in total. The van der Waals surface area contributed by atoms with Crippen LogP contribution in [-0.2, 0) is 19.5 Å². The van der Waals surface area contributed by atoms with Crippen molar-refractivity contribution in [2.45, 2.75) is 0 Å². The Morgan fingerprint density at radius 1 is 0.549 bits per heavy atom. The van der Waals surface area contributed by atoms with Gasteiger partial charge in [0.25, 0.3) is 0 Å². The molecule has 7 aromatic heterocycles. The van der Waals surface area contributed by atoms with Crippen molar-refractivity contribution in [1.82, 2.24) is 45.1 Å². The Balaban J connectivity index is 0.000000168. The third kappa shape index (κ3) is 11.7. The predicted molar refractivity (Wildman–Crippen MR) is 173 cm³/mol. The van der Waals surface area contributed by atoms with Gasteiger partial charge in [-0.2, -0.15) is 10.2 Å². The van der Waals surface area contributed by atoms with Gasteiger partial charge in [0.1, 0.15) is 11.6 Å². The number of rotatable bonds is 4. The summed E-state index contributed by atoms with van der Waals surface area (Å²) in [7, 11) is -3.32. The second-order valence-electron chi connectivity index (χ2n) is 9.76. The van der Waals surface area contributed by atoms with E-state index in [0.29, 0.717) is 22.7 Å². The summed E-state index contributed by atoms with van der Waals surface area (Å²) in [5.41, 5.74) is 6.40. The molecule has 8 rings (SSSR count). The maximum absolute atomic E-state index is 8.49. The molecule has 1 aromatic carbocycles. The van der Waals surface area contributed by atoms with E-state index in [1.165, 1.54) is 0 Å². The second kappa shape index (κ2) is 18.9. The first-order valence-corrected chi connectivity index (χ1v) is 15.8. The van der Waals surface area contributed by atoms with Crippen molar-refractivity contribution in [2.75, 3.05) is 7.11 Å². The van der Waals surface area contributed by atoms with Crippen molar-refractivity contribution in [2.24, 2.45) is 0 Å². The number of hydrogen-bond donors (Lipinski definition) is 0. The Kier molecular flexibility index (Phi) is 14.1. The summed E-state index contributed by atoms with van der Waals surface area (Å²) < 4.78 is 39.2. The van der Waals surface area contributed by atoms with Crippen LogP contribution in [0, 0.1) is 10.2 Å². The Morgan fingerprint density at radius 3 is 1.33 bits per heavy atom. The number of nitrogens with zero attached hydrogens (tertiary/aromatic N) is 9. The van der Waals surface area contributed by atoms with Gasteiger partial charge in [0.15, 0.2) is 0 Å². The fraction of sp³-hybridized carbons (Fsp3) is 0.0286. The van der Waals surface area contributed by atoms with Crippen LogP contribution in [0.5, 0.6) is 5.75 Å². The molecule has 0 saturated heterocycles. The molecule has 0 radical (unpaired) electrons. The van der Waals surface area contributed by atoms with E-state index in [2.05, 4.69) is 45.1 Å². The van der Waals surface area contributed by atoms with Gasteiger partial charge in [-0.3, -0.25) is 24.9 Å². The SMILES string of the molecule is COc1ccc2[n-]c3nc(-c4ccccn4)nnc3c2c1.[O-][Cl+3]([O-])([O-])[O-].[Ru+2].c1ccc(-c2ccccn2)nc1.c1ccc(-c2ccccn2)nc1. The molecule has 7 heterocycles. The van der Waals surface area contributed by atoms with Crippen LogP contribution in [0.25, 0.3) is 56.4 Å². The minimum Gasteiger partial charge on any atom is -0.497 e. The monoisotopic (exact) mass is 789 g/mol. The van der Waals surface area contributed by atoms with Gasteiger partial charge in [0.2, 0.25) is 0 Å². The smallest absolute Gasteiger partial charge is 0.497 e. The quantitative estimate of drug-likeness (QED) is 0.232. The van der Waals surface area contributed by atoms with Crippen LogP contribution >= 0.6 is 0 Å². The number of pyridine rings is 5. The molecule has 0 aliphatic heterocycles. The second-order valence-corrected chi connectivity index (χ2v) is 10.5. The van der Waals surface area contributed by atoms with Gasteiger partial charge in [-0.05, 0) is 84.0 Å². The number of aromatic nitrogens is 9. The number of benzene rings is 1.